The van der Waals surface area contributed by atoms with E-state index in [0.29, 0.717) is 26.4 Å². The number of carbonyl (C=O) groups excluding carboxylic acids is 1. The van der Waals surface area contributed by atoms with E-state index in [-0.39, 0.29) is 5.91 Å². The lowest BCUT2D eigenvalue weighted by molar-refractivity contribution is 0.102. The molecule has 1 heterocycles. The van der Waals surface area contributed by atoms with Crippen LogP contribution < -0.4 is 5.32 Å². The van der Waals surface area contributed by atoms with Gasteiger partial charge in [0.2, 0.25) is 0 Å². The van der Waals surface area contributed by atoms with Crippen LogP contribution in [0.3, 0.4) is 0 Å². The van der Waals surface area contributed by atoms with Crippen LogP contribution in [0.25, 0.3) is 11.3 Å². The largest absolute Gasteiger partial charge is 0.319 e. The molecule has 4 nitrogen and oxygen atoms in total. The van der Waals surface area contributed by atoms with E-state index in [1.807, 2.05) is 19.1 Å². The second kappa shape index (κ2) is 6.85. The molecule has 0 radical (unpaired) electrons. The fraction of sp³-hybridized carbons (Fsp3) is 0.0588. The molecule has 0 saturated heterocycles. The minimum Gasteiger partial charge on any atom is -0.319 e. The first-order chi connectivity index (χ1) is 11.5. The first-order valence-corrected chi connectivity index (χ1v) is 8.16. The second-order valence-electron chi connectivity index (χ2n) is 5.16. The molecule has 0 aliphatic rings. The topological polar surface area (TPSA) is 57.8 Å². The van der Waals surface area contributed by atoms with Gasteiger partial charge in [0.05, 0.1) is 16.4 Å². The van der Waals surface area contributed by atoms with E-state index >= 15 is 0 Å². The molecule has 0 bridgehead atoms. The Morgan fingerprint density at radius 2 is 1.71 bits per heavy atom. The Hall–Kier alpha value is -2.01. The van der Waals surface area contributed by atoms with Crippen LogP contribution in [0, 0.1) is 6.92 Å². The van der Waals surface area contributed by atoms with Crippen molar-refractivity contribution in [3.8, 4) is 11.3 Å². The highest BCUT2D eigenvalue weighted by atomic mass is 35.5. The summed E-state index contributed by atoms with van der Waals surface area (Å²) in [6, 6.07) is 12.1. The Bertz CT molecular complexity index is 904. The van der Waals surface area contributed by atoms with Gasteiger partial charge in [0, 0.05) is 15.6 Å². The van der Waals surface area contributed by atoms with E-state index in [1.54, 1.807) is 30.3 Å². The third-order valence-electron chi connectivity index (χ3n) is 3.54. The Morgan fingerprint density at radius 1 is 1.04 bits per heavy atom. The number of rotatable bonds is 3. The number of nitrogens with one attached hydrogen (secondary N) is 2. The number of aromatic nitrogens is 2. The Kier molecular flexibility index (Phi) is 4.81. The van der Waals surface area contributed by atoms with Crippen molar-refractivity contribution in [3.05, 3.63) is 68.8 Å². The fourth-order valence-corrected chi connectivity index (χ4v) is 2.87. The number of hydrogen-bond donors (Lipinski definition) is 2. The predicted octanol–water partition coefficient (Wildman–Crippen LogP) is 5.60. The zero-order valence-electron chi connectivity index (χ0n) is 12.5. The molecule has 2 N–H and O–H groups in total. The SMILES string of the molecule is Cc1c(C(=O)Nc2ccc(Cl)cc2Cl)n[nH]c1-c1ccc(Cl)cc1. The van der Waals surface area contributed by atoms with Crippen LogP contribution in [0.5, 0.6) is 0 Å². The van der Waals surface area contributed by atoms with Crippen LogP contribution in [0.15, 0.2) is 42.5 Å². The van der Waals surface area contributed by atoms with E-state index in [0.717, 1.165) is 16.8 Å². The van der Waals surface area contributed by atoms with Gasteiger partial charge in [-0.05, 0) is 42.8 Å². The van der Waals surface area contributed by atoms with Crippen LogP contribution in [0.2, 0.25) is 15.1 Å². The van der Waals surface area contributed by atoms with Gasteiger partial charge >= 0.3 is 0 Å². The molecule has 0 aliphatic heterocycles. The first-order valence-electron chi connectivity index (χ1n) is 7.03. The summed E-state index contributed by atoms with van der Waals surface area (Å²) in [7, 11) is 0. The van der Waals surface area contributed by atoms with Gasteiger partial charge < -0.3 is 5.32 Å². The summed E-state index contributed by atoms with van der Waals surface area (Å²) >= 11 is 17.8. The number of halogens is 3. The molecule has 0 fully saturated rings. The summed E-state index contributed by atoms with van der Waals surface area (Å²) < 4.78 is 0. The molecule has 0 spiro atoms. The summed E-state index contributed by atoms with van der Waals surface area (Å²) in [5, 5.41) is 11.3. The number of anilines is 1. The molecule has 1 amide bonds. The van der Waals surface area contributed by atoms with Crippen LogP contribution in [-0.2, 0) is 0 Å². The maximum Gasteiger partial charge on any atom is 0.276 e. The Balaban J connectivity index is 1.87. The van der Waals surface area contributed by atoms with Gasteiger partial charge in [-0.15, -0.1) is 0 Å². The van der Waals surface area contributed by atoms with Crippen LogP contribution in [0.1, 0.15) is 16.1 Å². The van der Waals surface area contributed by atoms with E-state index in [1.165, 1.54) is 0 Å². The van der Waals surface area contributed by atoms with Crippen LogP contribution in [-0.4, -0.2) is 16.1 Å². The fourth-order valence-electron chi connectivity index (χ4n) is 2.29. The molecular formula is C17H12Cl3N3O. The predicted molar refractivity (Wildman–Crippen MR) is 98.2 cm³/mol. The summed E-state index contributed by atoms with van der Waals surface area (Å²) in [5.74, 6) is -0.354. The highest BCUT2D eigenvalue weighted by Crippen LogP contribution is 2.28. The summed E-state index contributed by atoms with van der Waals surface area (Å²) in [5.41, 5.74) is 3.17. The quantitative estimate of drug-likeness (QED) is 0.621. The zero-order valence-corrected chi connectivity index (χ0v) is 14.8. The monoisotopic (exact) mass is 379 g/mol. The Labute approximate surface area is 153 Å². The molecule has 0 aliphatic carbocycles. The number of hydrogen-bond acceptors (Lipinski definition) is 2. The van der Waals surface area contributed by atoms with Crippen molar-refractivity contribution in [2.75, 3.05) is 5.32 Å². The number of benzene rings is 2. The summed E-state index contributed by atoms with van der Waals surface area (Å²) in [6.07, 6.45) is 0. The summed E-state index contributed by atoms with van der Waals surface area (Å²) in [6.45, 7) is 1.83. The molecule has 1 aromatic heterocycles. The minimum atomic E-state index is -0.354. The lowest BCUT2D eigenvalue weighted by Crippen LogP contribution is -2.14. The van der Waals surface area contributed by atoms with Crippen LogP contribution in [0.4, 0.5) is 5.69 Å². The third kappa shape index (κ3) is 3.41. The second-order valence-corrected chi connectivity index (χ2v) is 6.44. The van der Waals surface area contributed by atoms with Crippen molar-refractivity contribution in [2.45, 2.75) is 6.92 Å². The van der Waals surface area contributed by atoms with Crippen LogP contribution >= 0.6 is 34.8 Å². The normalized spacial score (nSPS) is 10.7. The van der Waals surface area contributed by atoms with E-state index in [2.05, 4.69) is 15.5 Å². The van der Waals surface area contributed by atoms with Gasteiger partial charge in [0.15, 0.2) is 5.69 Å². The highest BCUT2D eigenvalue weighted by Gasteiger charge is 2.18. The maximum atomic E-state index is 12.5. The van der Waals surface area contributed by atoms with Crippen molar-refractivity contribution in [1.29, 1.82) is 0 Å². The molecule has 0 atom stereocenters. The smallest absolute Gasteiger partial charge is 0.276 e. The average Bonchev–Trinajstić information content (AvgIpc) is 2.92. The number of H-pyrrole nitrogens is 1. The van der Waals surface area contributed by atoms with Crippen molar-refractivity contribution in [1.82, 2.24) is 10.2 Å². The van der Waals surface area contributed by atoms with Gasteiger partial charge in [0.25, 0.3) is 5.91 Å². The molecule has 0 saturated carbocycles. The first kappa shape index (κ1) is 16.8. The zero-order chi connectivity index (χ0) is 17.3. The van der Waals surface area contributed by atoms with Crippen molar-refractivity contribution in [2.24, 2.45) is 0 Å². The lowest BCUT2D eigenvalue weighted by Gasteiger charge is -2.06. The third-order valence-corrected chi connectivity index (χ3v) is 4.34. The highest BCUT2D eigenvalue weighted by molar-refractivity contribution is 6.36. The number of aromatic amines is 1. The molecule has 0 unspecified atom stereocenters. The van der Waals surface area contributed by atoms with Gasteiger partial charge in [-0.3, -0.25) is 9.89 Å². The summed E-state index contributed by atoms with van der Waals surface area (Å²) in [4.78, 5) is 12.5. The van der Waals surface area contributed by atoms with Gasteiger partial charge in [-0.2, -0.15) is 5.10 Å². The van der Waals surface area contributed by atoms with E-state index < -0.39 is 0 Å². The van der Waals surface area contributed by atoms with Crippen molar-refractivity contribution >= 4 is 46.4 Å². The lowest BCUT2D eigenvalue weighted by atomic mass is 10.1. The van der Waals surface area contributed by atoms with Gasteiger partial charge in [-0.25, -0.2) is 0 Å². The molecule has 3 rings (SSSR count). The Morgan fingerprint density at radius 3 is 2.38 bits per heavy atom. The molecule has 3 aromatic rings. The number of nitrogens with zero attached hydrogens (tertiary/aromatic N) is 1. The standard InChI is InChI=1S/C17H12Cl3N3O/c1-9-15(10-2-4-11(18)5-3-10)22-23-16(9)17(24)21-14-7-6-12(19)8-13(14)20/h2-8H,1H3,(H,21,24)(H,22,23). The van der Waals surface area contributed by atoms with Crippen molar-refractivity contribution < 1.29 is 4.79 Å². The molecule has 24 heavy (non-hydrogen) atoms. The van der Waals surface area contributed by atoms with E-state index in [9.17, 15) is 4.79 Å². The molecule has 7 heteroatoms. The molecular weight excluding hydrogens is 369 g/mol. The minimum absolute atomic E-state index is 0.297. The number of amides is 1. The molecule has 2 aromatic carbocycles. The maximum absolute atomic E-state index is 12.5. The van der Waals surface area contributed by atoms with Crippen molar-refractivity contribution in [3.63, 3.8) is 0 Å². The number of carbonyl (C=O) groups is 1. The average molecular weight is 381 g/mol. The van der Waals surface area contributed by atoms with Gasteiger partial charge in [0.1, 0.15) is 0 Å². The molecule has 122 valence electrons. The van der Waals surface area contributed by atoms with Gasteiger partial charge in [-0.1, -0.05) is 46.9 Å². The van der Waals surface area contributed by atoms with E-state index in [4.69, 9.17) is 34.8 Å².